The van der Waals surface area contributed by atoms with E-state index >= 15 is 0 Å². The number of ether oxygens (including phenoxy) is 2. The molecule has 5 heteroatoms. The second-order valence-corrected chi connectivity index (χ2v) is 5.43. The van der Waals surface area contributed by atoms with E-state index in [4.69, 9.17) is 21.1 Å². The Hall–Kier alpha value is -1.39. The van der Waals surface area contributed by atoms with Crippen LogP contribution in [-0.4, -0.2) is 6.79 Å². The average molecular weight is 341 g/mol. The highest BCUT2D eigenvalue weighted by molar-refractivity contribution is 9.10. The van der Waals surface area contributed by atoms with Crippen molar-refractivity contribution in [2.45, 2.75) is 6.54 Å². The molecular weight excluding hydrogens is 330 g/mol. The highest BCUT2D eigenvalue weighted by Gasteiger charge is 2.12. The van der Waals surface area contributed by atoms with Gasteiger partial charge < -0.3 is 14.8 Å². The lowest BCUT2D eigenvalue weighted by molar-refractivity contribution is 0.174. The van der Waals surface area contributed by atoms with Gasteiger partial charge in [0.25, 0.3) is 0 Å². The SMILES string of the molecule is Clc1ccc(CNc2ccc3c(c2)OCO3)cc1Br. The summed E-state index contributed by atoms with van der Waals surface area (Å²) in [4.78, 5) is 0. The molecule has 0 radical (unpaired) electrons. The minimum atomic E-state index is 0.295. The maximum atomic E-state index is 5.96. The van der Waals surface area contributed by atoms with Crippen molar-refractivity contribution in [2.75, 3.05) is 12.1 Å². The minimum Gasteiger partial charge on any atom is -0.454 e. The molecule has 1 aliphatic rings. The van der Waals surface area contributed by atoms with Gasteiger partial charge in [-0.1, -0.05) is 17.7 Å². The van der Waals surface area contributed by atoms with Gasteiger partial charge in [0, 0.05) is 22.8 Å². The summed E-state index contributed by atoms with van der Waals surface area (Å²) >= 11 is 9.38. The second kappa shape index (κ2) is 5.31. The predicted octanol–water partition coefficient (Wildman–Crippen LogP) is 4.44. The highest BCUT2D eigenvalue weighted by Crippen LogP contribution is 2.34. The molecule has 0 aliphatic carbocycles. The van der Waals surface area contributed by atoms with Crippen LogP contribution in [0.2, 0.25) is 5.02 Å². The Balaban J connectivity index is 1.70. The molecule has 1 heterocycles. The molecule has 3 rings (SSSR count). The van der Waals surface area contributed by atoms with Crippen LogP contribution in [0.4, 0.5) is 5.69 Å². The van der Waals surface area contributed by atoms with E-state index in [1.165, 1.54) is 0 Å². The van der Waals surface area contributed by atoms with Crippen LogP contribution in [-0.2, 0) is 6.54 Å². The third-order valence-corrected chi connectivity index (χ3v) is 4.07. The standard InChI is InChI=1S/C14H11BrClNO2/c15-11-5-9(1-3-12(11)16)7-17-10-2-4-13-14(6-10)19-8-18-13/h1-6,17H,7-8H2. The Bertz CT molecular complexity index is 618. The molecule has 0 aromatic heterocycles. The summed E-state index contributed by atoms with van der Waals surface area (Å²) < 4.78 is 11.5. The number of hydrogen-bond acceptors (Lipinski definition) is 3. The van der Waals surface area contributed by atoms with Crippen LogP contribution in [0.3, 0.4) is 0 Å². The average Bonchev–Trinajstić information content (AvgIpc) is 2.87. The summed E-state index contributed by atoms with van der Waals surface area (Å²) in [5, 5.41) is 4.05. The Kier molecular flexibility index (Phi) is 3.53. The Labute approximate surface area is 124 Å². The summed E-state index contributed by atoms with van der Waals surface area (Å²) in [5.41, 5.74) is 2.14. The smallest absolute Gasteiger partial charge is 0.231 e. The molecule has 3 nitrogen and oxygen atoms in total. The van der Waals surface area contributed by atoms with E-state index in [1.54, 1.807) is 0 Å². The summed E-state index contributed by atoms with van der Waals surface area (Å²) in [6.07, 6.45) is 0. The highest BCUT2D eigenvalue weighted by atomic mass is 79.9. The van der Waals surface area contributed by atoms with E-state index < -0.39 is 0 Å². The molecule has 1 aliphatic heterocycles. The Morgan fingerprint density at radius 2 is 1.95 bits per heavy atom. The van der Waals surface area contributed by atoms with Crippen molar-refractivity contribution in [3.05, 3.63) is 51.5 Å². The lowest BCUT2D eigenvalue weighted by Crippen LogP contribution is -1.99. The van der Waals surface area contributed by atoms with Crippen molar-refractivity contribution >= 4 is 33.2 Å². The number of halogens is 2. The first-order valence-corrected chi connectivity index (χ1v) is 6.97. The topological polar surface area (TPSA) is 30.5 Å². The fraction of sp³-hybridized carbons (Fsp3) is 0.143. The minimum absolute atomic E-state index is 0.295. The van der Waals surface area contributed by atoms with Gasteiger partial charge in [-0.05, 0) is 45.8 Å². The van der Waals surface area contributed by atoms with Crippen molar-refractivity contribution in [1.82, 2.24) is 0 Å². The van der Waals surface area contributed by atoms with Crippen LogP contribution < -0.4 is 14.8 Å². The molecule has 0 saturated carbocycles. The monoisotopic (exact) mass is 339 g/mol. The van der Waals surface area contributed by atoms with Gasteiger partial charge in [0.2, 0.25) is 6.79 Å². The molecule has 2 aromatic carbocycles. The van der Waals surface area contributed by atoms with Crippen molar-refractivity contribution in [2.24, 2.45) is 0 Å². The summed E-state index contributed by atoms with van der Waals surface area (Å²) in [6.45, 7) is 1.01. The maximum absolute atomic E-state index is 5.96. The Morgan fingerprint density at radius 1 is 1.11 bits per heavy atom. The lowest BCUT2D eigenvalue weighted by Gasteiger charge is -2.08. The molecule has 0 amide bonds. The van der Waals surface area contributed by atoms with Gasteiger partial charge in [0.1, 0.15) is 0 Å². The number of benzene rings is 2. The van der Waals surface area contributed by atoms with Crippen LogP contribution >= 0.6 is 27.5 Å². The van der Waals surface area contributed by atoms with E-state index in [9.17, 15) is 0 Å². The molecule has 0 fully saturated rings. The van der Waals surface area contributed by atoms with Crippen molar-refractivity contribution in [3.63, 3.8) is 0 Å². The molecule has 19 heavy (non-hydrogen) atoms. The lowest BCUT2D eigenvalue weighted by atomic mass is 10.2. The van der Waals surface area contributed by atoms with Gasteiger partial charge in [0.05, 0.1) is 5.02 Å². The number of anilines is 1. The summed E-state index contributed by atoms with van der Waals surface area (Å²) in [5.74, 6) is 1.57. The van der Waals surface area contributed by atoms with Gasteiger partial charge >= 0.3 is 0 Å². The molecule has 0 atom stereocenters. The molecule has 0 bridgehead atoms. The molecule has 0 saturated heterocycles. The predicted molar refractivity (Wildman–Crippen MR) is 79.0 cm³/mol. The van der Waals surface area contributed by atoms with Gasteiger partial charge in [-0.25, -0.2) is 0 Å². The second-order valence-electron chi connectivity index (χ2n) is 4.17. The molecular formula is C14H11BrClNO2. The first-order chi connectivity index (χ1) is 9.22. The van der Waals surface area contributed by atoms with Gasteiger partial charge in [-0.3, -0.25) is 0 Å². The van der Waals surface area contributed by atoms with Crippen molar-refractivity contribution in [3.8, 4) is 11.5 Å². The van der Waals surface area contributed by atoms with Gasteiger partial charge in [-0.2, -0.15) is 0 Å². The van der Waals surface area contributed by atoms with Crippen LogP contribution in [0, 0.1) is 0 Å². The molecule has 1 N–H and O–H groups in total. The zero-order valence-electron chi connectivity index (χ0n) is 9.95. The normalized spacial score (nSPS) is 12.5. The quantitative estimate of drug-likeness (QED) is 0.896. The van der Waals surface area contributed by atoms with Gasteiger partial charge in [-0.15, -0.1) is 0 Å². The Morgan fingerprint density at radius 3 is 2.79 bits per heavy atom. The van der Waals surface area contributed by atoms with E-state index in [0.29, 0.717) is 11.8 Å². The largest absolute Gasteiger partial charge is 0.454 e. The zero-order valence-corrected chi connectivity index (χ0v) is 12.3. The van der Waals surface area contributed by atoms with E-state index in [0.717, 1.165) is 33.8 Å². The molecule has 98 valence electrons. The summed E-state index contributed by atoms with van der Waals surface area (Å²) in [6, 6.07) is 11.7. The molecule has 0 spiro atoms. The van der Waals surface area contributed by atoms with Crippen molar-refractivity contribution in [1.29, 1.82) is 0 Å². The fourth-order valence-corrected chi connectivity index (χ4v) is 2.40. The van der Waals surface area contributed by atoms with Crippen LogP contribution in [0.1, 0.15) is 5.56 Å². The number of fused-ring (bicyclic) bond motifs is 1. The first-order valence-electron chi connectivity index (χ1n) is 5.80. The first kappa shape index (κ1) is 12.6. The van der Waals surface area contributed by atoms with Crippen LogP contribution in [0.25, 0.3) is 0 Å². The third-order valence-electron chi connectivity index (χ3n) is 2.85. The third kappa shape index (κ3) is 2.80. The van der Waals surface area contributed by atoms with Gasteiger partial charge in [0.15, 0.2) is 11.5 Å². The molecule has 0 unspecified atom stereocenters. The number of hydrogen-bond donors (Lipinski definition) is 1. The molecule has 2 aromatic rings. The zero-order chi connectivity index (χ0) is 13.2. The summed E-state index contributed by atoms with van der Waals surface area (Å²) in [7, 11) is 0. The number of nitrogens with one attached hydrogen (secondary N) is 1. The fourth-order valence-electron chi connectivity index (χ4n) is 1.86. The van der Waals surface area contributed by atoms with Crippen LogP contribution in [0.15, 0.2) is 40.9 Å². The van der Waals surface area contributed by atoms with Crippen LogP contribution in [0.5, 0.6) is 11.5 Å². The van der Waals surface area contributed by atoms with E-state index in [1.807, 2.05) is 36.4 Å². The van der Waals surface area contributed by atoms with E-state index in [2.05, 4.69) is 21.2 Å². The van der Waals surface area contributed by atoms with Crippen molar-refractivity contribution < 1.29 is 9.47 Å². The number of rotatable bonds is 3. The maximum Gasteiger partial charge on any atom is 0.231 e. The van der Waals surface area contributed by atoms with E-state index in [-0.39, 0.29) is 0 Å².